The van der Waals surface area contributed by atoms with Crippen LogP contribution in [0, 0.1) is 0 Å². The molecule has 2 heterocycles. The van der Waals surface area contributed by atoms with Gasteiger partial charge in [0.2, 0.25) is 5.89 Å². The van der Waals surface area contributed by atoms with Crippen LogP contribution < -0.4 is 0 Å². The van der Waals surface area contributed by atoms with E-state index in [4.69, 9.17) is 14.4 Å². The van der Waals surface area contributed by atoms with E-state index in [1.54, 1.807) is 11.3 Å². The first-order valence-corrected chi connectivity index (χ1v) is 16.8. The molecule has 10 rings (SSSR count). The number of benzene rings is 7. The van der Waals surface area contributed by atoms with Crippen LogP contribution >= 0.6 is 11.3 Å². The van der Waals surface area contributed by atoms with Crippen LogP contribution in [0.25, 0.3) is 87.1 Å². The summed E-state index contributed by atoms with van der Waals surface area (Å²) in [6.07, 6.45) is 0. The third-order valence-corrected chi connectivity index (χ3v) is 11.0. The molecule has 2 aromatic heterocycles. The Morgan fingerprint density at radius 3 is 2.00 bits per heavy atom. The lowest BCUT2D eigenvalue weighted by molar-refractivity contribution is 0.620. The SMILES string of the molecule is CC1(C)c2ccccc2-c2cc3c(-c4nc5ccccc5s4)c4ccccc4c(-c4ccc(-c5nc6ccccc6o5)cc4)c3cc21. The summed E-state index contributed by atoms with van der Waals surface area (Å²) in [4.78, 5) is 9.97. The van der Waals surface area contributed by atoms with Gasteiger partial charge in [-0.3, -0.25) is 0 Å². The number of nitrogens with zero attached hydrogens (tertiary/aromatic N) is 2. The molecule has 0 saturated carbocycles. The van der Waals surface area contributed by atoms with Crippen molar-refractivity contribution in [2.24, 2.45) is 0 Å². The van der Waals surface area contributed by atoms with E-state index >= 15 is 0 Å². The van der Waals surface area contributed by atoms with Gasteiger partial charge in [0.1, 0.15) is 10.5 Å². The zero-order valence-electron chi connectivity index (χ0n) is 25.9. The second-order valence-corrected chi connectivity index (χ2v) is 14.0. The molecule has 0 atom stereocenters. The molecule has 0 fully saturated rings. The van der Waals surface area contributed by atoms with Crippen LogP contribution in [0.1, 0.15) is 25.0 Å². The van der Waals surface area contributed by atoms with Gasteiger partial charge in [-0.1, -0.05) is 98.8 Å². The second-order valence-electron chi connectivity index (χ2n) is 13.0. The monoisotopic (exact) mass is 620 g/mol. The van der Waals surface area contributed by atoms with E-state index in [1.165, 1.54) is 59.6 Å². The summed E-state index contributed by atoms with van der Waals surface area (Å²) in [5, 5.41) is 5.95. The van der Waals surface area contributed by atoms with E-state index < -0.39 is 0 Å². The molecule has 0 N–H and O–H groups in total. The molecule has 4 heteroatoms. The average molecular weight is 621 g/mol. The molecule has 0 aliphatic heterocycles. The standard InChI is InChI=1S/C43H28N2OS/c1-43(2)33-14-6-5-11-27(33)30-23-31-32(24-34(30)43)39(25-19-21-26(22-20-25)41-44-35-15-7-9-17-37(35)46-41)28-12-3-4-13-29(28)40(31)42-45-36-16-8-10-18-38(36)47-42/h3-24H,1-2H3. The molecule has 222 valence electrons. The molecule has 7 aromatic carbocycles. The lowest BCUT2D eigenvalue weighted by atomic mass is 9.80. The van der Waals surface area contributed by atoms with Crippen LogP contribution in [0.15, 0.2) is 138 Å². The maximum absolute atomic E-state index is 6.12. The highest BCUT2D eigenvalue weighted by Crippen LogP contribution is 2.53. The average Bonchev–Trinajstić information content (AvgIpc) is 3.80. The Labute approximate surface area is 275 Å². The smallest absolute Gasteiger partial charge is 0.227 e. The highest BCUT2D eigenvalue weighted by atomic mass is 32.1. The number of aromatic nitrogens is 2. The van der Waals surface area contributed by atoms with Crippen molar-refractivity contribution >= 4 is 54.2 Å². The molecule has 1 aliphatic carbocycles. The molecule has 0 spiro atoms. The summed E-state index contributed by atoms with van der Waals surface area (Å²) in [5.74, 6) is 0.635. The molecule has 0 bridgehead atoms. The van der Waals surface area contributed by atoms with Crippen LogP contribution in [-0.4, -0.2) is 9.97 Å². The Morgan fingerprint density at radius 2 is 1.19 bits per heavy atom. The number of oxazole rings is 1. The molecule has 0 radical (unpaired) electrons. The van der Waals surface area contributed by atoms with Gasteiger partial charge in [-0.2, -0.15) is 0 Å². The van der Waals surface area contributed by atoms with Gasteiger partial charge in [0.25, 0.3) is 0 Å². The second kappa shape index (κ2) is 9.71. The Bertz CT molecular complexity index is 2650. The van der Waals surface area contributed by atoms with Gasteiger partial charge in [-0.05, 0) is 103 Å². The van der Waals surface area contributed by atoms with Crippen LogP contribution in [0.5, 0.6) is 0 Å². The number of hydrogen-bond donors (Lipinski definition) is 0. The van der Waals surface area contributed by atoms with Crippen molar-refractivity contribution in [1.29, 1.82) is 0 Å². The molecular weight excluding hydrogens is 593 g/mol. The lowest BCUT2D eigenvalue weighted by Crippen LogP contribution is -2.14. The number of para-hydroxylation sites is 3. The lowest BCUT2D eigenvalue weighted by Gasteiger charge is -2.23. The zero-order valence-corrected chi connectivity index (χ0v) is 26.7. The first-order valence-electron chi connectivity index (χ1n) is 16.0. The van der Waals surface area contributed by atoms with Gasteiger partial charge in [0.05, 0.1) is 10.2 Å². The van der Waals surface area contributed by atoms with Crippen molar-refractivity contribution in [3.05, 3.63) is 145 Å². The van der Waals surface area contributed by atoms with Gasteiger partial charge >= 0.3 is 0 Å². The molecule has 0 unspecified atom stereocenters. The number of rotatable bonds is 3. The Kier molecular flexibility index (Phi) is 5.50. The van der Waals surface area contributed by atoms with Crippen LogP contribution in [-0.2, 0) is 5.41 Å². The van der Waals surface area contributed by atoms with Crippen molar-refractivity contribution in [1.82, 2.24) is 9.97 Å². The third kappa shape index (κ3) is 3.85. The molecule has 1 aliphatic rings. The zero-order chi connectivity index (χ0) is 31.3. The van der Waals surface area contributed by atoms with Crippen molar-refractivity contribution in [3.8, 4) is 44.3 Å². The van der Waals surface area contributed by atoms with Crippen molar-refractivity contribution < 1.29 is 4.42 Å². The normalized spacial score (nSPS) is 13.5. The molecule has 9 aromatic rings. The summed E-state index contributed by atoms with van der Waals surface area (Å²) in [7, 11) is 0. The maximum Gasteiger partial charge on any atom is 0.227 e. The van der Waals surface area contributed by atoms with Gasteiger partial charge in [-0.25, -0.2) is 9.97 Å². The van der Waals surface area contributed by atoms with Gasteiger partial charge < -0.3 is 4.42 Å². The molecule has 0 saturated heterocycles. The number of hydrogen-bond acceptors (Lipinski definition) is 4. The molecule has 0 amide bonds. The Balaban J connectivity index is 1.28. The van der Waals surface area contributed by atoms with Gasteiger partial charge in [0.15, 0.2) is 5.58 Å². The third-order valence-electron chi connectivity index (χ3n) is 9.95. The minimum absolute atomic E-state index is 0.115. The predicted octanol–water partition coefficient (Wildman–Crippen LogP) is 12.1. The number of fused-ring (bicyclic) bond motifs is 7. The van der Waals surface area contributed by atoms with E-state index in [1.807, 2.05) is 24.3 Å². The summed E-state index contributed by atoms with van der Waals surface area (Å²) < 4.78 is 7.32. The van der Waals surface area contributed by atoms with Gasteiger partial charge in [-0.15, -0.1) is 11.3 Å². The van der Waals surface area contributed by atoms with E-state index in [2.05, 4.69) is 123 Å². The quantitative estimate of drug-likeness (QED) is 0.184. The fraction of sp³-hybridized carbons (Fsp3) is 0.0698. The summed E-state index contributed by atoms with van der Waals surface area (Å²) in [6.45, 7) is 4.71. The van der Waals surface area contributed by atoms with Crippen molar-refractivity contribution in [2.45, 2.75) is 19.3 Å². The minimum atomic E-state index is -0.115. The van der Waals surface area contributed by atoms with E-state index in [0.717, 1.165) is 32.8 Å². The van der Waals surface area contributed by atoms with E-state index in [0.29, 0.717) is 5.89 Å². The summed E-state index contributed by atoms with van der Waals surface area (Å²) >= 11 is 1.77. The highest BCUT2D eigenvalue weighted by Gasteiger charge is 2.36. The van der Waals surface area contributed by atoms with Crippen molar-refractivity contribution in [2.75, 3.05) is 0 Å². The fourth-order valence-corrected chi connectivity index (χ4v) is 8.71. The van der Waals surface area contributed by atoms with Crippen LogP contribution in [0.4, 0.5) is 0 Å². The molecule has 47 heavy (non-hydrogen) atoms. The van der Waals surface area contributed by atoms with Crippen molar-refractivity contribution in [3.63, 3.8) is 0 Å². The first-order chi connectivity index (χ1) is 23.0. The Morgan fingerprint density at radius 1 is 0.532 bits per heavy atom. The molecular formula is C43H28N2OS. The summed E-state index contributed by atoms with van der Waals surface area (Å²) in [5.41, 5.74) is 12.5. The number of thiazole rings is 1. The molecule has 3 nitrogen and oxygen atoms in total. The minimum Gasteiger partial charge on any atom is -0.436 e. The largest absolute Gasteiger partial charge is 0.436 e. The van der Waals surface area contributed by atoms with E-state index in [-0.39, 0.29) is 5.41 Å². The van der Waals surface area contributed by atoms with E-state index in [9.17, 15) is 0 Å². The highest BCUT2D eigenvalue weighted by molar-refractivity contribution is 7.21. The van der Waals surface area contributed by atoms with Crippen LogP contribution in [0.2, 0.25) is 0 Å². The fourth-order valence-electron chi connectivity index (χ4n) is 7.67. The summed E-state index contributed by atoms with van der Waals surface area (Å²) in [6, 6.07) is 47.7. The first kappa shape index (κ1) is 26.6. The van der Waals surface area contributed by atoms with Gasteiger partial charge in [0, 0.05) is 16.5 Å². The maximum atomic E-state index is 6.12. The topological polar surface area (TPSA) is 38.9 Å². The Hall–Kier alpha value is -5.58. The van der Waals surface area contributed by atoms with Crippen LogP contribution in [0.3, 0.4) is 0 Å². The predicted molar refractivity (Wildman–Crippen MR) is 196 cm³/mol.